The first-order chi connectivity index (χ1) is 13.5. The van der Waals surface area contributed by atoms with Crippen LogP contribution >= 0.6 is 0 Å². The molecule has 0 bridgehead atoms. The van der Waals surface area contributed by atoms with E-state index in [1.807, 2.05) is 0 Å². The molecule has 3 atom stereocenters. The Balaban J connectivity index is 1.94. The van der Waals surface area contributed by atoms with Crippen molar-refractivity contribution in [2.75, 3.05) is 10.2 Å². The second-order valence-electron chi connectivity index (χ2n) is 9.08. The van der Waals surface area contributed by atoms with E-state index >= 15 is 0 Å². The minimum atomic E-state index is 0.153. The molecule has 0 amide bonds. The van der Waals surface area contributed by atoms with E-state index in [4.69, 9.17) is 0 Å². The van der Waals surface area contributed by atoms with Gasteiger partial charge in [0.05, 0.1) is 11.4 Å². The average Bonchev–Trinajstić information content (AvgIpc) is 3.13. The summed E-state index contributed by atoms with van der Waals surface area (Å²) < 4.78 is 0. The van der Waals surface area contributed by atoms with Crippen molar-refractivity contribution in [2.45, 2.75) is 84.7 Å². The van der Waals surface area contributed by atoms with Crippen LogP contribution in [0.3, 0.4) is 0 Å². The zero-order valence-electron chi connectivity index (χ0n) is 18.5. The number of hydrogen-bond donors (Lipinski definition) is 1. The van der Waals surface area contributed by atoms with E-state index in [0.717, 1.165) is 6.42 Å². The van der Waals surface area contributed by atoms with Crippen molar-refractivity contribution in [1.82, 2.24) is 0 Å². The highest BCUT2D eigenvalue weighted by Gasteiger charge is 2.58. The van der Waals surface area contributed by atoms with E-state index < -0.39 is 0 Å². The third kappa shape index (κ3) is 2.33. The van der Waals surface area contributed by atoms with Gasteiger partial charge in [0.2, 0.25) is 0 Å². The van der Waals surface area contributed by atoms with Crippen LogP contribution in [0.1, 0.15) is 84.3 Å². The van der Waals surface area contributed by atoms with Crippen LogP contribution in [0.2, 0.25) is 0 Å². The van der Waals surface area contributed by atoms with E-state index in [1.54, 1.807) is 0 Å². The number of benzene rings is 2. The highest BCUT2D eigenvalue weighted by Crippen LogP contribution is 2.62. The van der Waals surface area contributed by atoms with E-state index in [9.17, 15) is 0 Å². The predicted octanol–water partition coefficient (Wildman–Crippen LogP) is 7.58. The van der Waals surface area contributed by atoms with Crippen LogP contribution in [0, 0.1) is 5.41 Å². The molecule has 0 aliphatic carbocycles. The molecule has 2 heteroatoms. The number of nitrogens with one attached hydrogen (secondary N) is 1. The van der Waals surface area contributed by atoms with Crippen LogP contribution < -0.4 is 10.2 Å². The second kappa shape index (κ2) is 6.83. The highest BCUT2D eigenvalue weighted by atomic mass is 15.4. The monoisotopic (exact) mass is 376 g/mol. The summed E-state index contributed by atoms with van der Waals surface area (Å²) in [6.45, 7) is 14.3. The molecule has 28 heavy (non-hydrogen) atoms. The van der Waals surface area contributed by atoms with Gasteiger partial charge in [-0.1, -0.05) is 65.8 Å². The molecule has 2 aromatic rings. The van der Waals surface area contributed by atoms with Crippen LogP contribution in [-0.4, -0.2) is 6.17 Å². The molecule has 0 fully saturated rings. The summed E-state index contributed by atoms with van der Waals surface area (Å²) in [6.07, 6.45) is 4.98. The number of hydrogen-bond acceptors (Lipinski definition) is 2. The molecule has 3 unspecified atom stereocenters. The number of para-hydroxylation sites is 1. The van der Waals surface area contributed by atoms with Crippen molar-refractivity contribution >= 4 is 17.1 Å². The Labute approximate surface area is 171 Å². The summed E-state index contributed by atoms with van der Waals surface area (Å²) in [4.78, 5) is 2.60. The lowest BCUT2D eigenvalue weighted by atomic mass is 9.53. The maximum Gasteiger partial charge on any atom is 0.110 e. The summed E-state index contributed by atoms with van der Waals surface area (Å²) in [5.74, 6) is 0.597. The molecule has 1 N–H and O–H groups in total. The molecule has 0 saturated carbocycles. The first-order valence-corrected chi connectivity index (χ1v) is 11.3. The highest BCUT2D eigenvalue weighted by molar-refractivity contribution is 5.86. The number of rotatable bonds is 5. The molecule has 2 heterocycles. The Morgan fingerprint density at radius 2 is 1.68 bits per heavy atom. The lowest BCUT2D eigenvalue weighted by Gasteiger charge is -2.58. The van der Waals surface area contributed by atoms with E-state index in [2.05, 4.69) is 94.2 Å². The van der Waals surface area contributed by atoms with Gasteiger partial charge in [0.1, 0.15) is 6.17 Å². The van der Waals surface area contributed by atoms with Crippen molar-refractivity contribution in [3.05, 3.63) is 53.6 Å². The van der Waals surface area contributed by atoms with Gasteiger partial charge < -0.3 is 10.2 Å². The first kappa shape index (κ1) is 19.4. The van der Waals surface area contributed by atoms with E-state index in [1.165, 1.54) is 47.5 Å². The molecule has 2 aliphatic heterocycles. The zero-order valence-corrected chi connectivity index (χ0v) is 18.5. The summed E-state index contributed by atoms with van der Waals surface area (Å²) in [6, 6.07) is 16.2. The average molecular weight is 377 g/mol. The molecule has 2 nitrogen and oxygen atoms in total. The maximum atomic E-state index is 3.99. The molecule has 0 spiro atoms. The molecule has 0 aromatic heterocycles. The molecular formula is C26H36N2. The van der Waals surface area contributed by atoms with Crippen molar-refractivity contribution in [2.24, 2.45) is 5.41 Å². The van der Waals surface area contributed by atoms with Crippen LogP contribution in [0.4, 0.5) is 17.1 Å². The molecule has 2 aliphatic rings. The van der Waals surface area contributed by atoms with Crippen molar-refractivity contribution < 1.29 is 0 Å². The second-order valence-corrected chi connectivity index (χ2v) is 9.08. The molecule has 0 radical (unpaired) electrons. The zero-order chi connectivity index (χ0) is 20.1. The van der Waals surface area contributed by atoms with Gasteiger partial charge in [-0.25, -0.2) is 0 Å². The van der Waals surface area contributed by atoms with Crippen LogP contribution in [0.15, 0.2) is 42.5 Å². The van der Waals surface area contributed by atoms with Crippen LogP contribution in [0.25, 0.3) is 0 Å². The topological polar surface area (TPSA) is 15.3 Å². The number of anilines is 3. The summed E-state index contributed by atoms with van der Waals surface area (Å²) in [5.41, 5.74) is 7.35. The molecule has 2 aromatic carbocycles. The fourth-order valence-corrected chi connectivity index (χ4v) is 6.11. The Morgan fingerprint density at radius 3 is 2.32 bits per heavy atom. The SMILES string of the molecule is CCC(C)c1ccc2c(c1)NC1N2c2ccccc2C(CC)(CC)C1(C)CC. The van der Waals surface area contributed by atoms with Gasteiger partial charge in [-0.05, 0) is 60.9 Å². The van der Waals surface area contributed by atoms with E-state index in [-0.39, 0.29) is 10.8 Å². The molecule has 0 saturated heterocycles. The summed E-state index contributed by atoms with van der Waals surface area (Å²) >= 11 is 0. The normalized spacial score (nSPS) is 25.5. The summed E-state index contributed by atoms with van der Waals surface area (Å²) in [5, 5.41) is 3.99. The fraction of sp³-hybridized carbons (Fsp3) is 0.538. The Hall–Kier alpha value is -1.96. The minimum Gasteiger partial charge on any atom is -0.363 e. The number of nitrogens with zero attached hydrogens (tertiary/aromatic N) is 1. The Kier molecular flexibility index (Phi) is 4.72. The molecular weight excluding hydrogens is 340 g/mol. The van der Waals surface area contributed by atoms with Crippen molar-refractivity contribution in [3.8, 4) is 0 Å². The van der Waals surface area contributed by atoms with Gasteiger partial charge in [-0.2, -0.15) is 0 Å². The van der Waals surface area contributed by atoms with Gasteiger partial charge in [-0.15, -0.1) is 0 Å². The molecule has 150 valence electrons. The third-order valence-electron chi connectivity index (χ3n) is 8.33. The van der Waals surface area contributed by atoms with Crippen LogP contribution in [-0.2, 0) is 5.41 Å². The van der Waals surface area contributed by atoms with Crippen molar-refractivity contribution in [3.63, 3.8) is 0 Å². The van der Waals surface area contributed by atoms with Gasteiger partial charge in [0, 0.05) is 16.5 Å². The quantitative estimate of drug-likeness (QED) is 0.578. The van der Waals surface area contributed by atoms with Gasteiger partial charge in [0.25, 0.3) is 0 Å². The largest absolute Gasteiger partial charge is 0.363 e. The fourth-order valence-electron chi connectivity index (χ4n) is 6.11. The van der Waals surface area contributed by atoms with Crippen molar-refractivity contribution in [1.29, 1.82) is 0 Å². The first-order valence-electron chi connectivity index (χ1n) is 11.3. The lowest BCUT2D eigenvalue weighted by Crippen LogP contribution is -2.60. The lowest BCUT2D eigenvalue weighted by molar-refractivity contribution is 0.0850. The number of fused-ring (bicyclic) bond motifs is 5. The maximum absolute atomic E-state index is 3.99. The Morgan fingerprint density at radius 1 is 0.964 bits per heavy atom. The molecule has 4 rings (SSSR count). The van der Waals surface area contributed by atoms with E-state index in [0.29, 0.717) is 12.1 Å². The van der Waals surface area contributed by atoms with Gasteiger partial charge in [-0.3, -0.25) is 0 Å². The smallest absolute Gasteiger partial charge is 0.110 e. The third-order valence-corrected chi connectivity index (χ3v) is 8.33. The van der Waals surface area contributed by atoms with Gasteiger partial charge >= 0.3 is 0 Å². The standard InChI is InChI=1S/C26H36N2/c1-7-18(5)19-15-16-23-21(17-19)27-24-25(6,8-2)26(9-3,10-4)20-13-11-12-14-22(20)28(23)24/h11-18,24,27H,7-10H2,1-6H3. The Bertz CT molecular complexity index is 866. The summed E-state index contributed by atoms with van der Waals surface area (Å²) in [7, 11) is 0. The minimum absolute atomic E-state index is 0.153. The van der Waals surface area contributed by atoms with Crippen LogP contribution in [0.5, 0.6) is 0 Å². The predicted molar refractivity (Wildman–Crippen MR) is 122 cm³/mol. The van der Waals surface area contributed by atoms with Gasteiger partial charge in [0.15, 0.2) is 0 Å².